The number of hydrogen-bond acceptors (Lipinski definition) is 3. The second kappa shape index (κ2) is 8.18. The van der Waals surface area contributed by atoms with E-state index in [1.807, 2.05) is 12.1 Å². The largest absolute Gasteiger partial charge is 0.474 e. The Balaban J connectivity index is 1.57. The van der Waals surface area contributed by atoms with Crippen molar-refractivity contribution >= 4 is 5.96 Å². The van der Waals surface area contributed by atoms with Crippen LogP contribution in [0.15, 0.2) is 23.3 Å². The Hall–Kier alpha value is -1.78. The van der Waals surface area contributed by atoms with E-state index in [1.54, 1.807) is 6.20 Å². The molecule has 126 valence electrons. The van der Waals surface area contributed by atoms with E-state index in [0.717, 1.165) is 37.4 Å². The van der Waals surface area contributed by atoms with E-state index in [4.69, 9.17) is 10.5 Å². The zero-order chi connectivity index (χ0) is 15.9. The Labute approximate surface area is 138 Å². The minimum Gasteiger partial charge on any atom is -0.474 e. The van der Waals surface area contributed by atoms with E-state index in [1.165, 1.54) is 38.5 Å². The monoisotopic (exact) mass is 316 g/mol. The van der Waals surface area contributed by atoms with Crippen molar-refractivity contribution in [3.63, 3.8) is 0 Å². The van der Waals surface area contributed by atoms with E-state index in [9.17, 15) is 0 Å². The van der Waals surface area contributed by atoms with Gasteiger partial charge < -0.3 is 15.4 Å². The maximum Gasteiger partial charge on any atom is 0.213 e. The topological polar surface area (TPSA) is 63.7 Å². The normalized spacial score (nSPS) is 20.5. The summed E-state index contributed by atoms with van der Waals surface area (Å²) in [5.41, 5.74) is 7.27. The van der Waals surface area contributed by atoms with Crippen LogP contribution in [0.25, 0.3) is 0 Å². The molecule has 0 unspecified atom stereocenters. The lowest BCUT2D eigenvalue weighted by Crippen LogP contribution is -2.38. The van der Waals surface area contributed by atoms with Gasteiger partial charge in [0.15, 0.2) is 5.96 Å². The average molecular weight is 316 g/mol. The quantitative estimate of drug-likeness (QED) is 0.685. The number of likely N-dealkylation sites (tertiary alicyclic amines) is 1. The fourth-order valence-corrected chi connectivity index (χ4v) is 3.36. The van der Waals surface area contributed by atoms with Crippen molar-refractivity contribution in [2.75, 3.05) is 13.1 Å². The van der Waals surface area contributed by atoms with Gasteiger partial charge in [0.1, 0.15) is 6.10 Å². The Morgan fingerprint density at radius 3 is 2.65 bits per heavy atom. The van der Waals surface area contributed by atoms with Gasteiger partial charge in [-0.25, -0.2) is 9.98 Å². The van der Waals surface area contributed by atoms with Crippen LogP contribution in [0.5, 0.6) is 5.88 Å². The van der Waals surface area contributed by atoms with E-state index < -0.39 is 0 Å². The summed E-state index contributed by atoms with van der Waals surface area (Å²) in [5.74, 6) is 1.39. The van der Waals surface area contributed by atoms with Crippen LogP contribution in [-0.4, -0.2) is 35.0 Å². The lowest BCUT2D eigenvalue weighted by Gasteiger charge is -2.21. The number of hydrogen-bond donors (Lipinski definition) is 1. The molecule has 1 aliphatic heterocycles. The van der Waals surface area contributed by atoms with Gasteiger partial charge in [0, 0.05) is 25.4 Å². The zero-order valence-corrected chi connectivity index (χ0v) is 13.9. The molecule has 5 heteroatoms. The van der Waals surface area contributed by atoms with Crippen LogP contribution in [0.2, 0.25) is 0 Å². The summed E-state index contributed by atoms with van der Waals surface area (Å²) in [7, 11) is 0. The summed E-state index contributed by atoms with van der Waals surface area (Å²) in [4.78, 5) is 11.1. The van der Waals surface area contributed by atoms with Crippen molar-refractivity contribution < 1.29 is 4.74 Å². The van der Waals surface area contributed by atoms with Crippen LogP contribution >= 0.6 is 0 Å². The number of rotatable bonds is 4. The summed E-state index contributed by atoms with van der Waals surface area (Å²) in [6.45, 7) is 2.65. The number of aromatic nitrogens is 1. The molecule has 2 heterocycles. The fourth-order valence-electron chi connectivity index (χ4n) is 3.36. The van der Waals surface area contributed by atoms with E-state index in [0.29, 0.717) is 18.6 Å². The molecule has 2 aliphatic rings. The van der Waals surface area contributed by atoms with Gasteiger partial charge in [0.25, 0.3) is 0 Å². The molecular weight excluding hydrogens is 288 g/mol. The van der Waals surface area contributed by atoms with Gasteiger partial charge in [-0.05, 0) is 50.2 Å². The fraction of sp³-hybridized carbons (Fsp3) is 0.667. The van der Waals surface area contributed by atoms with Gasteiger partial charge in [-0.1, -0.05) is 12.8 Å². The zero-order valence-electron chi connectivity index (χ0n) is 13.9. The third kappa shape index (κ3) is 4.85. The number of pyridine rings is 1. The second-order valence-electron chi connectivity index (χ2n) is 6.60. The van der Waals surface area contributed by atoms with Gasteiger partial charge in [0.05, 0.1) is 6.54 Å². The first kappa shape index (κ1) is 16.1. The highest BCUT2D eigenvalue weighted by Crippen LogP contribution is 2.23. The molecule has 1 saturated carbocycles. The molecule has 1 aliphatic carbocycles. The van der Waals surface area contributed by atoms with E-state index >= 15 is 0 Å². The average Bonchev–Trinajstić information content (AvgIpc) is 2.92. The van der Waals surface area contributed by atoms with Crippen molar-refractivity contribution in [1.29, 1.82) is 0 Å². The molecule has 0 spiro atoms. The predicted molar refractivity (Wildman–Crippen MR) is 92.5 cm³/mol. The SMILES string of the molecule is NC(=NCc1ccnc(OC2CCCC2)c1)N1CCCCCC1. The number of nitrogens with two attached hydrogens (primary N) is 1. The smallest absolute Gasteiger partial charge is 0.213 e. The van der Waals surface area contributed by atoms with Gasteiger partial charge in [-0.3, -0.25) is 0 Å². The van der Waals surface area contributed by atoms with Crippen LogP contribution in [0.4, 0.5) is 0 Å². The van der Waals surface area contributed by atoms with Crippen molar-refractivity contribution in [3.05, 3.63) is 23.9 Å². The Kier molecular flexibility index (Phi) is 5.72. The first-order valence-corrected chi connectivity index (χ1v) is 8.98. The third-order valence-corrected chi connectivity index (χ3v) is 4.74. The van der Waals surface area contributed by atoms with Crippen LogP contribution in [0.3, 0.4) is 0 Å². The molecule has 1 saturated heterocycles. The van der Waals surface area contributed by atoms with E-state index in [2.05, 4.69) is 14.9 Å². The maximum absolute atomic E-state index is 6.16. The summed E-state index contributed by atoms with van der Waals surface area (Å²) in [6.07, 6.45) is 12.0. The van der Waals surface area contributed by atoms with Crippen molar-refractivity contribution in [3.8, 4) is 5.88 Å². The van der Waals surface area contributed by atoms with Gasteiger partial charge in [0.2, 0.25) is 5.88 Å². The Bertz CT molecular complexity index is 518. The standard InChI is InChI=1S/C18H28N4O/c19-18(22-11-5-1-2-6-12-22)21-14-15-9-10-20-17(13-15)23-16-7-3-4-8-16/h9-10,13,16H,1-8,11-12,14H2,(H2,19,21). The molecule has 0 aromatic carbocycles. The third-order valence-electron chi connectivity index (χ3n) is 4.74. The molecule has 0 amide bonds. The minimum atomic E-state index is 0.337. The van der Waals surface area contributed by atoms with Gasteiger partial charge >= 0.3 is 0 Å². The van der Waals surface area contributed by atoms with Gasteiger partial charge in [-0.2, -0.15) is 0 Å². The highest BCUT2D eigenvalue weighted by Gasteiger charge is 2.17. The Morgan fingerprint density at radius 2 is 1.91 bits per heavy atom. The molecule has 0 atom stereocenters. The Morgan fingerprint density at radius 1 is 1.17 bits per heavy atom. The van der Waals surface area contributed by atoms with Gasteiger partial charge in [-0.15, -0.1) is 0 Å². The molecule has 2 fully saturated rings. The van der Waals surface area contributed by atoms with Crippen LogP contribution in [0, 0.1) is 0 Å². The number of nitrogens with zero attached hydrogens (tertiary/aromatic N) is 3. The van der Waals surface area contributed by atoms with Crippen LogP contribution < -0.4 is 10.5 Å². The lowest BCUT2D eigenvalue weighted by molar-refractivity contribution is 0.201. The molecule has 2 N–H and O–H groups in total. The summed E-state index contributed by atoms with van der Waals surface area (Å²) >= 11 is 0. The summed E-state index contributed by atoms with van der Waals surface area (Å²) < 4.78 is 5.95. The van der Waals surface area contributed by atoms with Crippen LogP contribution in [-0.2, 0) is 6.54 Å². The number of aliphatic imine (C=N–C) groups is 1. The highest BCUT2D eigenvalue weighted by atomic mass is 16.5. The van der Waals surface area contributed by atoms with Crippen molar-refractivity contribution in [2.24, 2.45) is 10.7 Å². The minimum absolute atomic E-state index is 0.337. The first-order valence-electron chi connectivity index (χ1n) is 8.98. The molecule has 3 rings (SSSR count). The maximum atomic E-state index is 6.16. The summed E-state index contributed by atoms with van der Waals surface area (Å²) in [6, 6.07) is 3.98. The predicted octanol–water partition coefficient (Wildman–Crippen LogP) is 3.09. The first-order chi connectivity index (χ1) is 11.3. The number of ether oxygens (including phenoxy) is 1. The van der Waals surface area contributed by atoms with Crippen LogP contribution in [0.1, 0.15) is 56.9 Å². The molecule has 1 aromatic rings. The molecule has 23 heavy (non-hydrogen) atoms. The van der Waals surface area contributed by atoms with Crippen molar-refractivity contribution in [2.45, 2.75) is 64.0 Å². The molecule has 1 aromatic heterocycles. The summed E-state index contributed by atoms with van der Waals surface area (Å²) in [5, 5.41) is 0. The van der Waals surface area contributed by atoms with E-state index in [-0.39, 0.29) is 0 Å². The highest BCUT2D eigenvalue weighted by molar-refractivity contribution is 5.78. The second-order valence-corrected chi connectivity index (χ2v) is 6.60. The molecular formula is C18H28N4O. The lowest BCUT2D eigenvalue weighted by atomic mass is 10.2. The van der Waals surface area contributed by atoms with Crippen molar-refractivity contribution in [1.82, 2.24) is 9.88 Å². The molecule has 0 radical (unpaired) electrons. The number of guanidine groups is 1. The molecule has 0 bridgehead atoms. The molecule has 5 nitrogen and oxygen atoms in total.